The number of aromatic nitrogens is 4. The first-order valence-corrected chi connectivity index (χ1v) is 26.9. The monoisotopic (exact) mass is 1080 g/mol. The summed E-state index contributed by atoms with van der Waals surface area (Å²) in [6, 6.07) is 29.1. The maximum absolute atomic E-state index is 12.1. The molecule has 0 bridgehead atoms. The molecule has 3 heterocycles. The van der Waals surface area contributed by atoms with E-state index in [-0.39, 0.29) is 55.5 Å². The number of rotatable bonds is 14. The van der Waals surface area contributed by atoms with Gasteiger partial charge in [0.25, 0.3) is 0 Å². The molecule has 4 aromatic carbocycles. The van der Waals surface area contributed by atoms with Crippen molar-refractivity contribution >= 4 is 60.1 Å². The summed E-state index contributed by atoms with van der Waals surface area (Å²) in [5, 5.41) is 27.4. The van der Waals surface area contributed by atoms with Crippen LogP contribution in [0.25, 0.3) is 33.6 Å². The van der Waals surface area contributed by atoms with Crippen LogP contribution in [0.5, 0.6) is 0 Å². The Morgan fingerprint density at radius 1 is 0.620 bits per heavy atom. The Morgan fingerprint density at radius 3 is 1.41 bits per heavy atom. The number of aryl methyl sites for hydroxylation is 2. The fraction of sp³-hybridized carbons (Fsp3) is 0.373. The van der Waals surface area contributed by atoms with Crippen LogP contribution in [-0.4, -0.2) is 103 Å². The van der Waals surface area contributed by atoms with Crippen molar-refractivity contribution in [2.75, 3.05) is 25.7 Å². The minimum Gasteiger partial charge on any atom is -0.465 e. The Labute approximate surface area is 426 Å². The zero-order chi connectivity index (χ0) is 51.8. The van der Waals surface area contributed by atoms with Crippen molar-refractivity contribution in [3.63, 3.8) is 0 Å². The Balaban J connectivity index is 0.000000238. The Hall–Kier alpha value is -5.48. The number of aliphatic hydroxyl groups excluding tert-OH is 2. The van der Waals surface area contributed by atoms with Gasteiger partial charge in [-0.3, -0.25) is 19.0 Å². The maximum atomic E-state index is 12.1. The quantitative estimate of drug-likeness (QED) is 0.0791. The summed E-state index contributed by atoms with van der Waals surface area (Å²) in [7, 11) is -7.51. The van der Waals surface area contributed by atoms with Crippen LogP contribution in [-0.2, 0) is 74.3 Å². The number of hydrogen-bond donors (Lipinski definition) is 2. The lowest BCUT2D eigenvalue weighted by atomic mass is 9.79. The molecule has 1 fully saturated rings. The van der Waals surface area contributed by atoms with Crippen LogP contribution in [0.2, 0.25) is 0 Å². The zero-order valence-electron chi connectivity index (χ0n) is 41.0. The molecule has 20 heteroatoms. The van der Waals surface area contributed by atoms with Gasteiger partial charge in [0.15, 0.2) is 19.7 Å². The van der Waals surface area contributed by atoms with E-state index < -0.39 is 38.0 Å². The van der Waals surface area contributed by atoms with Crippen molar-refractivity contribution in [3.05, 3.63) is 124 Å². The van der Waals surface area contributed by atoms with Crippen molar-refractivity contribution < 1.29 is 55.4 Å². The molecule has 0 saturated carbocycles. The molecular formula is C51H64BBrN4O12S2. The number of ether oxygens (including phenoxy) is 2. The molecule has 1 saturated heterocycles. The third-order valence-corrected chi connectivity index (χ3v) is 14.3. The van der Waals surface area contributed by atoms with E-state index in [1.54, 1.807) is 53.5 Å². The first-order valence-electron chi connectivity index (χ1n) is 22.3. The van der Waals surface area contributed by atoms with E-state index in [1.807, 2.05) is 102 Å². The van der Waals surface area contributed by atoms with Gasteiger partial charge >= 0.3 is 19.1 Å². The van der Waals surface area contributed by atoms with Crippen LogP contribution in [0.15, 0.2) is 111 Å². The normalized spacial score (nSPS) is 13.8. The topological polar surface area (TPSA) is 215 Å². The smallest absolute Gasteiger partial charge is 0.465 e. The molecule has 0 aliphatic carbocycles. The minimum atomic E-state index is -3.46. The van der Waals surface area contributed by atoms with Crippen LogP contribution < -0.4 is 5.46 Å². The largest absolute Gasteiger partial charge is 0.494 e. The van der Waals surface area contributed by atoms with Gasteiger partial charge in [0.1, 0.15) is 13.1 Å². The lowest BCUT2D eigenvalue weighted by molar-refractivity contribution is -0.144. The SMILES string of the molecule is C.CC1(C)OB(c2ccc(CO)c(S(C)(=O)=O)c2)OC1(C)C.CCOC(=O)Cn1nc(C)cc1-c1ccc(-c2ccc(CO)c(S(C)(=O)=O)c2)cc1.CCOC(=O)Cn1nc(C)cc1-c1ccc(Br)cc1. The molecule has 382 valence electrons. The molecule has 6 aromatic rings. The second-order valence-corrected chi connectivity index (χ2v) is 22.4. The van der Waals surface area contributed by atoms with Crippen LogP contribution >= 0.6 is 15.9 Å². The predicted octanol–water partition coefficient (Wildman–Crippen LogP) is 7.69. The number of hydrogen-bond acceptors (Lipinski definition) is 14. The van der Waals surface area contributed by atoms with Gasteiger partial charge in [0.05, 0.1) is 70.2 Å². The van der Waals surface area contributed by atoms with E-state index in [0.29, 0.717) is 29.8 Å². The van der Waals surface area contributed by atoms with Crippen molar-refractivity contribution in [3.8, 4) is 33.6 Å². The summed E-state index contributed by atoms with van der Waals surface area (Å²) in [4.78, 5) is 23.7. The molecule has 0 spiro atoms. The van der Waals surface area contributed by atoms with Crippen molar-refractivity contribution in [2.24, 2.45) is 0 Å². The molecule has 2 N–H and O–H groups in total. The standard InChI is InChI=1S/C22H24N2O5S.C14H21BO5S.C14H15BrN2O2.CH4/c1-4-29-22(26)13-24-20(11-15(2)23-24)17-7-5-16(6-8-17)18-9-10-19(14-25)21(12-18)30(3,27)28;1-13(2)14(3,4)20-15(19-13)11-7-6-10(9-16)12(8-11)21(5,17)18;1-3-19-14(18)9-17-13(8-10(2)16-17)11-4-6-12(15)7-5-11;/h5-12,25H,4,13-14H2,1-3H3;6-8,16H,9H2,1-5H3;4-8H,3,9H2,1-2H3;1H4. The van der Waals surface area contributed by atoms with Gasteiger partial charge < -0.3 is 29.0 Å². The van der Waals surface area contributed by atoms with E-state index in [2.05, 4.69) is 26.1 Å². The first-order chi connectivity index (χ1) is 32.8. The Bertz CT molecular complexity index is 3010. The predicted molar refractivity (Wildman–Crippen MR) is 278 cm³/mol. The number of sulfone groups is 2. The fourth-order valence-corrected chi connectivity index (χ4v) is 9.46. The highest BCUT2D eigenvalue weighted by Gasteiger charge is 2.51. The number of carbonyl (C=O) groups is 2. The number of aliphatic hydroxyl groups is 2. The molecule has 0 amide bonds. The highest BCUT2D eigenvalue weighted by atomic mass is 79.9. The number of carbonyl (C=O) groups excluding carboxylic acids is 2. The van der Waals surface area contributed by atoms with Crippen LogP contribution in [0.1, 0.15) is 71.5 Å². The van der Waals surface area contributed by atoms with Gasteiger partial charge in [-0.05, 0) is 131 Å². The number of benzene rings is 4. The second-order valence-electron chi connectivity index (χ2n) is 17.5. The van der Waals surface area contributed by atoms with Crippen molar-refractivity contribution in [2.45, 2.75) is 110 Å². The molecular weight excluding hydrogens is 1020 g/mol. The van der Waals surface area contributed by atoms with Gasteiger partial charge in [-0.25, -0.2) is 16.8 Å². The number of esters is 2. The zero-order valence-corrected chi connectivity index (χ0v) is 44.2. The highest BCUT2D eigenvalue weighted by molar-refractivity contribution is 9.10. The highest BCUT2D eigenvalue weighted by Crippen LogP contribution is 2.37. The lowest BCUT2D eigenvalue weighted by Gasteiger charge is -2.32. The molecule has 0 radical (unpaired) electrons. The van der Waals surface area contributed by atoms with Crippen LogP contribution in [0.4, 0.5) is 0 Å². The third-order valence-electron chi connectivity index (χ3n) is 11.5. The maximum Gasteiger partial charge on any atom is 0.494 e. The summed E-state index contributed by atoms with van der Waals surface area (Å²) in [6.07, 6.45) is 2.25. The van der Waals surface area contributed by atoms with E-state index in [0.717, 1.165) is 62.0 Å². The van der Waals surface area contributed by atoms with Crippen molar-refractivity contribution in [1.82, 2.24) is 19.6 Å². The first kappa shape index (κ1) is 58.1. The van der Waals surface area contributed by atoms with Gasteiger partial charge in [0.2, 0.25) is 0 Å². The van der Waals surface area contributed by atoms with E-state index >= 15 is 0 Å². The van der Waals surface area contributed by atoms with E-state index in [1.165, 1.54) is 6.07 Å². The average Bonchev–Trinajstić information content (AvgIpc) is 3.92. The molecule has 0 atom stereocenters. The minimum absolute atomic E-state index is 0. The molecule has 7 rings (SSSR count). The van der Waals surface area contributed by atoms with Crippen LogP contribution in [0, 0.1) is 13.8 Å². The summed E-state index contributed by atoms with van der Waals surface area (Å²) >= 11 is 3.41. The molecule has 0 unspecified atom stereocenters. The Morgan fingerprint density at radius 2 is 1.00 bits per heavy atom. The molecule has 1 aliphatic rings. The van der Waals surface area contributed by atoms with Crippen LogP contribution in [0.3, 0.4) is 0 Å². The van der Waals surface area contributed by atoms with Gasteiger partial charge in [0, 0.05) is 17.0 Å². The summed E-state index contributed by atoms with van der Waals surface area (Å²) < 4.78 is 73.9. The van der Waals surface area contributed by atoms with E-state index in [4.69, 9.17) is 18.8 Å². The molecule has 1 aliphatic heterocycles. The number of halogens is 1. The van der Waals surface area contributed by atoms with Gasteiger partial charge in [-0.1, -0.05) is 84.0 Å². The number of nitrogens with zero attached hydrogens (tertiary/aromatic N) is 4. The van der Waals surface area contributed by atoms with E-state index in [9.17, 15) is 36.6 Å². The lowest BCUT2D eigenvalue weighted by Crippen LogP contribution is -2.41. The summed E-state index contributed by atoms with van der Waals surface area (Å²) in [5.74, 6) is -0.625. The third kappa shape index (κ3) is 15.0. The fourth-order valence-electron chi connectivity index (χ4n) is 7.29. The molecule has 2 aromatic heterocycles. The molecule has 71 heavy (non-hydrogen) atoms. The van der Waals surface area contributed by atoms with Crippen molar-refractivity contribution in [1.29, 1.82) is 0 Å². The Kier molecular flexibility index (Phi) is 19.9. The average molecular weight is 1080 g/mol. The van der Waals surface area contributed by atoms with Gasteiger partial charge in [-0.2, -0.15) is 10.2 Å². The summed E-state index contributed by atoms with van der Waals surface area (Å²) in [6.45, 7) is 15.2. The second kappa shape index (κ2) is 24.3. The van der Waals surface area contributed by atoms with Gasteiger partial charge in [-0.15, -0.1) is 0 Å². The molecule has 16 nitrogen and oxygen atoms in total. The summed E-state index contributed by atoms with van der Waals surface area (Å²) in [5.41, 5.74) is 7.23.